The fourth-order valence-corrected chi connectivity index (χ4v) is 4.59. The third-order valence-corrected chi connectivity index (χ3v) is 9.83. The van der Waals surface area contributed by atoms with E-state index < -0.39 is 10.0 Å². The van der Waals surface area contributed by atoms with E-state index in [1.54, 1.807) is 0 Å². The highest BCUT2D eigenvalue weighted by atomic mass is 32.2. The van der Waals surface area contributed by atoms with Crippen molar-refractivity contribution in [2.24, 2.45) is 21.7 Å². The van der Waals surface area contributed by atoms with E-state index in [0.717, 1.165) is 19.4 Å². The number of allylic oxidation sites excluding steroid dienone is 1. The number of benzene rings is 1. The van der Waals surface area contributed by atoms with Gasteiger partial charge in [0, 0.05) is 11.5 Å². The third kappa shape index (κ3) is 26.9. The lowest BCUT2D eigenvalue weighted by Crippen LogP contribution is -2.32. The van der Waals surface area contributed by atoms with Gasteiger partial charge < -0.3 is 4.74 Å². The molecule has 5 heteroatoms. The quantitative estimate of drug-likeness (QED) is 0.267. The maximum absolute atomic E-state index is 11.1. The minimum atomic E-state index is -2.94. The van der Waals surface area contributed by atoms with E-state index in [1.807, 2.05) is 27.7 Å². The van der Waals surface area contributed by atoms with E-state index in [0.29, 0.717) is 28.8 Å². The van der Waals surface area contributed by atoms with Gasteiger partial charge in [0.05, 0.1) is 18.0 Å². The zero-order valence-electron chi connectivity index (χ0n) is 34.6. The van der Waals surface area contributed by atoms with Crippen LogP contribution in [0.4, 0.5) is 0 Å². The van der Waals surface area contributed by atoms with Gasteiger partial charge in [-0.3, -0.25) is 0 Å². The minimum Gasteiger partial charge on any atom is -0.378 e. The second kappa shape index (κ2) is 21.7. The van der Waals surface area contributed by atoms with Gasteiger partial charge in [0.25, 0.3) is 0 Å². The Morgan fingerprint density at radius 3 is 1.39 bits per heavy atom. The zero-order valence-corrected chi connectivity index (χ0v) is 35.4. The number of hydrogen-bond donors (Lipinski definition) is 1. The summed E-state index contributed by atoms with van der Waals surface area (Å²) in [6, 6.07) is 8.91. The molecule has 46 heavy (non-hydrogen) atoms. The fraction of sp³-hybridized carbons (Fsp3) is 0.805. The van der Waals surface area contributed by atoms with E-state index in [-0.39, 0.29) is 22.1 Å². The molecule has 1 aliphatic carbocycles. The Hall–Kier alpha value is -1.17. The van der Waals surface area contributed by atoms with Gasteiger partial charge in [0.2, 0.25) is 10.0 Å². The Morgan fingerprint density at radius 2 is 1.13 bits per heavy atom. The molecule has 0 aromatic heterocycles. The first-order valence-electron chi connectivity index (χ1n) is 17.9. The van der Waals surface area contributed by atoms with Crippen LogP contribution >= 0.6 is 0 Å². The molecule has 0 spiro atoms. The van der Waals surface area contributed by atoms with Gasteiger partial charge in [0.1, 0.15) is 0 Å². The number of rotatable bonds is 9. The second-order valence-electron chi connectivity index (χ2n) is 17.5. The van der Waals surface area contributed by atoms with Gasteiger partial charge >= 0.3 is 0 Å². The molecule has 0 unspecified atom stereocenters. The summed E-state index contributed by atoms with van der Waals surface area (Å²) in [5, 5.41) is -0.0881. The van der Waals surface area contributed by atoms with Crippen molar-refractivity contribution >= 4 is 10.0 Å². The van der Waals surface area contributed by atoms with Crippen LogP contribution < -0.4 is 4.72 Å². The molecule has 0 bridgehead atoms. The summed E-state index contributed by atoms with van der Waals surface area (Å²) in [7, 11) is -2.94. The molecule has 1 aromatic rings. The largest absolute Gasteiger partial charge is 0.378 e. The standard InChI is InChI=1S/C13H26O.C12H18.C8H18.C6H13NO2S.C2H6/c1-11(2)14-10-13(6,7)9-8-12(3,4)5;1-9(2)11-6-5-7-12(8-11)10(3)4;1-7(2,3)8(4,5)6;1-5(2)7-10(8,9)6-3-4-6;1-2/h8-9,11H,10H2,1-7H3;5-10H,1-4H3;1-6H3;5-7H,3-4H2,1-2H3;1-2H3/b9-8+;;;;. The summed E-state index contributed by atoms with van der Waals surface area (Å²) in [5.74, 6) is 1.28. The van der Waals surface area contributed by atoms with Crippen molar-refractivity contribution in [1.29, 1.82) is 0 Å². The summed E-state index contributed by atoms with van der Waals surface area (Å²) in [5.41, 5.74) is 4.16. The molecule has 4 nitrogen and oxygen atoms in total. The van der Waals surface area contributed by atoms with E-state index in [2.05, 4.69) is 159 Å². The number of sulfonamides is 1. The van der Waals surface area contributed by atoms with Gasteiger partial charge in [0.15, 0.2) is 0 Å². The lowest BCUT2D eigenvalue weighted by Gasteiger charge is -2.34. The van der Waals surface area contributed by atoms with E-state index in [1.165, 1.54) is 11.1 Å². The van der Waals surface area contributed by atoms with Crippen molar-refractivity contribution < 1.29 is 13.2 Å². The van der Waals surface area contributed by atoms with Crippen LogP contribution in [0.2, 0.25) is 0 Å². The molecule has 1 aliphatic rings. The molecule has 0 radical (unpaired) electrons. The number of hydrogen-bond acceptors (Lipinski definition) is 3. The summed E-state index contributed by atoms with van der Waals surface area (Å²) in [4.78, 5) is 0. The predicted molar refractivity (Wildman–Crippen MR) is 209 cm³/mol. The average molecular weight is 668 g/mol. The lowest BCUT2D eigenvalue weighted by molar-refractivity contribution is 0.0379. The molecule has 0 heterocycles. The molecule has 0 aliphatic heterocycles. The Labute approximate surface area is 290 Å². The van der Waals surface area contributed by atoms with Crippen LogP contribution in [0.25, 0.3) is 0 Å². The molecule has 0 atom stereocenters. The van der Waals surface area contributed by atoms with Crippen LogP contribution in [0, 0.1) is 21.7 Å². The van der Waals surface area contributed by atoms with Crippen molar-refractivity contribution in [3.8, 4) is 0 Å². The molecule has 1 N–H and O–H groups in total. The highest BCUT2D eigenvalue weighted by molar-refractivity contribution is 7.90. The van der Waals surface area contributed by atoms with E-state index >= 15 is 0 Å². The second-order valence-corrected chi connectivity index (χ2v) is 19.5. The molecule has 0 saturated heterocycles. The van der Waals surface area contributed by atoms with Crippen LogP contribution in [0.3, 0.4) is 0 Å². The molecular weight excluding hydrogens is 587 g/mol. The molecule has 2 rings (SSSR count). The van der Waals surface area contributed by atoms with Crippen LogP contribution in [-0.2, 0) is 14.8 Å². The molecular formula is C41H81NO3S. The van der Waals surface area contributed by atoms with Crippen molar-refractivity contribution in [3.63, 3.8) is 0 Å². The van der Waals surface area contributed by atoms with Crippen LogP contribution in [0.15, 0.2) is 36.4 Å². The van der Waals surface area contributed by atoms with Gasteiger partial charge in [-0.05, 0) is 79.7 Å². The minimum absolute atomic E-state index is 0.0330. The predicted octanol–water partition coefficient (Wildman–Crippen LogP) is 12.6. The Kier molecular flexibility index (Phi) is 23.2. The topological polar surface area (TPSA) is 55.4 Å². The smallest absolute Gasteiger partial charge is 0.214 e. The molecule has 1 saturated carbocycles. The third-order valence-electron chi connectivity index (χ3n) is 7.68. The van der Waals surface area contributed by atoms with E-state index in [9.17, 15) is 8.42 Å². The molecule has 1 fully saturated rings. The van der Waals surface area contributed by atoms with Crippen LogP contribution in [-0.4, -0.2) is 32.4 Å². The van der Waals surface area contributed by atoms with Crippen molar-refractivity contribution in [1.82, 2.24) is 4.72 Å². The maximum atomic E-state index is 11.1. The summed E-state index contributed by atoms with van der Waals surface area (Å²) in [6.07, 6.45) is 6.51. The first-order chi connectivity index (χ1) is 20.5. The monoisotopic (exact) mass is 668 g/mol. The first kappa shape index (κ1) is 49.2. The normalized spacial score (nSPS) is 14.2. The van der Waals surface area contributed by atoms with E-state index in [4.69, 9.17) is 4.74 Å². The summed E-state index contributed by atoms with van der Waals surface area (Å²) < 4.78 is 30.4. The first-order valence-corrected chi connectivity index (χ1v) is 19.5. The Bertz CT molecular complexity index is 1010. The maximum Gasteiger partial charge on any atom is 0.214 e. The molecule has 1 aromatic carbocycles. The van der Waals surface area contributed by atoms with Crippen molar-refractivity contribution in [2.45, 2.75) is 187 Å². The molecule has 274 valence electrons. The highest BCUT2D eigenvalue weighted by Gasteiger charge is 2.35. The van der Waals surface area contributed by atoms with Crippen molar-refractivity contribution in [2.75, 3.05) is 6.61 Å². The van der Waals surface area contributed by atoms with Crippen LogP contribution in [0.1, 0.15) is 181 Å². The SMILES string of the molecule is CC.CC(C)(C)C(C)(C)C.CC(C)NS(=O)(=O)C1CC1.CC(C)OCC(C)(C)/C=C/C(C)(C)C.CC(C)c1cccc(C(C)C)c1. The zero-order chi connectivity index (χ0) is 37.3. The summed E-state index contributed by atoms with van der Waals surface area (Å²) in [6.45, 7) is 46.2. The Morgan fingerprint density at radius 1 is 0.739 bits per heavy atom. The average Bonchev–Trinajstić information content (AvgIpc) is 3.73. The van der Waals surface area contributed by atoms with Gasteiger partial charge in [-0.1, -0.05) is 154 Å². The molecule has 0 amide bonds. The van der Waals surface area contributed by atoms with Gasteiger partial charge in [-0.15, -0.1) is 0 Å². The Balaban J connectivity index is -0.000000535. The fourth-order valence-electron chi connectivity index (χ4n) is 2.99. The number of ether oxygens (including phenoxy) is 1. The van der Waals surface area contributed by atoms with Crippen molar-refractivity contribution in [3.05, 3.63) is 47.5 Å². The number of nitrogens with one attached hydrogen (secondary N) is 1. The van der Waals surface area contributed by atoms with Gasteiger partial charge in [-0.25, -0.2) is 13.1 Å². The highest BCUT2D eigenvalue weighted by Crippen LogP contribution is 2.36. The summed E-state index contributed by atoms with van der Waals surface area (Å²) >= 11 is 0. The van der Waals surface area contributed by atoms with Gasteiger partial charge in [-0.2, -0.15) is 0 Å². The van der Waals surface area contributed by atoms with Crippen LogP contribution in [0.5, 0.6) is 0 Å². The lowest BCUT2D eigenvalue weighted by atomic mass is 9.71.